The largest absolute Gasteiger partial charge is 0.298 e. The average Bonchev–Trinajstić information content (AvgIpc) is 2.91. The highest BCUT2D eigenvalue weighted by molar-refractivity contribution is 7.91. The zero-order chi connectivity index (χ0) is 17.9. The first kappa shape index (κ1) is 18.4. The standard InChI is InChI=1S/C17H18ClN3O2S2/c18-16-6-7-17(24-16)25(22,23)21-9-1-8-20(10-11-21)13-15-4-2-14(12-19)3-5-15/h2-7H,1,8-11,13H2. The summed E-state index contributed by atoms with van der Waals surface area (Å²) in [5.41, 5.74) is 1.77. The normalized spacial score (nSPS) is 17.1. The number of nitriles is 1. The van der Waals surface area contributed by atoms with Gasteiger partial charge < -0.3 is 0 Å². The van der Waals surface area contributed by atoms with Crippen LogP contribution in [0.25, 0.3) is 0 Å². The maximum atomic E-state index is 12.7. The SMILES string of the molecule is N#Cc1ccc(CN2CCCN(S(=O)(=O)c3ccc(Cl)s3)CC2)cc1. The number of rotatable bonds is 4. The molecule has 0 amide bonds. The number of hydrogen-bond donors (Lipinski definition) is 0. The topological polar surface area (TPSA) is 64.4 Å². The molecule has 1 fully saturated rings. The Kier molecular flexibility index (Phi) is 5.77. The van der Waals surface area contributed by atoms with Crippen molar-refractivity contribution in [1.82, 2.24) is 9.21 Å². The van der Waals surface area contributed by atoms with Crippen LogP contribution < -0.4 is 0 Å². The van der Waals surface area contributed by atoms with Crippen LogP contribution >= 0.6 is 22.9 Å². The van der Waals surface area contributed by atoms with Crippen LogP contribution in [0.5, 0.6) is 0 Å². The highest BCUT2D eigenvalue weighted by Crippen LogP contribution is 2.28. The van der Waals surface area contributed by atoms with Gasteiger partial charge in [-0.25, -0.2) is 8.42 Å². The highest BCUT2D eigenvalue weighted by Gasteiger charge is 2.28. The minimum atomic E-state index is -3.47. The van der Waals surface area contributed by atoms with E-state index in [1.807, 2.05) is 24.3 Å². The first-order valence-electron chi connectivity index (χ1n) is 7.96. The Hall–Kier alpha value is -1.43. The summed E-state index contributed by atoms with van der Waals surface area (Å²) in [5.74, 6) is 0. The Balaban J connectivity index is 1.65. The van der Waals surface area contributed by atoms with Gasteiger partial charge in [-0.15, -0.1) is 11.3 Å². The minimum Gasteiger partial charge on any atom is -0.298 e. The van der Waals surface area contributed by atoms with E-state index in [-0.39, 0.29) is 0 Å². The fourth-order valence-corrected chi connectivity index (χ4v) is 5.96. The van der Waals surface area contributed by atoms with Gasteiger partial charge in [-0.2, -0.15) is 9.57 Å². The summed E-state index contributed by atoms with van der Waals surface area (Å²) in [4.78, 5) is 2.25. The fourth-order valence-electron chi connectivity index (χ4n) is 2.85. The Morgan fingerprint density at radius 1 is 1.08 bits per heavy atom. The van der Waals surface area contributed by atoms with Crippen molar-refractivity contribution < 1.29 is 8.42 Å². The average molecular weight is 396 g/mol. The van der Waals surface area contributed by atoms with Crippen molar-refractivity contribution in [2.24, 2.45) is 0 Å². The first-order valence-corrected chi connectivity index (χ1v) is 10.6. The third kappa shape index (κ3) is 4.40. The van der Waals surface area contributed by atoms with Crippen molar-refractivity contribution >= 4 is 33.0 Å². The summed E-state index contributed by atoms with van der Waals surface area (Å²) in [6.07, 6.45) is 0.786. The van der Waals surface area contributed by atoms with E-state index in [9.17, 15) is 8.42 Å². The Morgan fingerprint density at radius 2 is 1.84 bits per heavy atom. The molecule has 0 atom stereocenters. The van der Waals surface area contributed by atoms with Crippen LogP contribution in [-0.2, 0) is 16.6 Å². The van der Waals surface area contributed by atoms with Gasteiger partial charge in [0.05, 0.1) is 16.0 Å². The number of nitrogens with zero attached hydrogens (tertiary/aromatic N) is 3. The fraction of sp³-hybridized carbons (Fsp3) is 0.353. The zero-order valence-corrected chi connectivity index (χ0v) is 15.9. The molecule has 1 aliphatic heterocycles. The third-order valence-corrected chi connectivity index (χ3v) is 7.78. The van der Waals surface area contributed by atoms with Gasteiger partial charge >= 0.3 is 0 Å². The van der Waals surface area contributed by atoms with Gasteiger partial charge in [-0.05, 0) is 42.8 Å². The summed E-state index contributed by atoms with van der Waals surface area (Å²) in [6.45, 7) is 3.26. The van der Waals surface area contributed by atoms with E-state index in [1.165, 1.54) is 0 Å². The predicted molar refractivity (Wildman–Crippen MR) is 99.1 cm³/mol. The van der Waals surface area contributed by atoms with E-state index in [2.05, 4.69) is 11.0 Å². The second-order valence-electron chi connectivity index (χ2n) is 5.90. The lowest BCUT2D eigenvalue weighted by Gasteiger charge is -2.21. The third-order valence-electron chi connectivity index (χ3n) is 4.18. The van der Waals surface area contributed by atoms with Crippen molar-refractivity contribution in [2.45, 2.75) is 17.2 Å². The van der Waals surface area contributed by atoms with E-state index >= 15 is 0 Å². The van der Waals surface area contributed by atoms with Crippen LogP contribution in [0.15, 0.2) is 40.6 Å². The quantitative estimate of drug-likeness (QED) is 0.797. The number of sulfonamides is 1. The molecule has 3 rings (SSSR count). The number of hydrogen-bond acceptors (Lipinski definition) is 5. The van der Waals surface area contributed by atoms with E-state index < -0.39 is 10.0 Å². The van der Waals surface area contributed by atoms with Crippen molar-refractivity contribution in [3.05, 3.63) is 51.9 Å². The summed E-state index contributed by atoms with van der Waals surface area (Å²) in [6, 6.07) is 12.8. The molecule has 0 radical (unpaired) electrons. The van der Waals surface area contributed by atoms with Gasteiger partial charge in [0.25, 0.3) is 10.0 Å². The van der Waals surface area contributed by atoms with Crippen molar-refractivity contribution in [3.8, 4) is 6.07 Å². The maximum absolute atomic E-state index is 12.7. The molecule has 0 unspecified atom stereocenters. The summed E-state index contributed by atoms with van der Waals surface area (Å²) >= 11 is 6.98. The molecule has 0 N–H and O–H groups in total. The molecule has 0 bridgehead atoms. The van der Waals surface area contributed by atoms with Crippen molar-refractivity contribution in [3.63, 3.8) is 0 Å². The Labute approximate surface area is 157 Å². The van der Waals surface area contributed by atoms with E-state index in [0.717, 1.165) is 36.4 Å². The highest BCUT2D eigenvalue weighted by atomic mass is 35.5. The molecule has 2 heterocycles. The minimum absolute atomic E-state index is 0.304. The molecule has 1 aromatic heterocycles. The number of thiophene rings is 1. The molecule has 0 saturated carbocycles. The van der Waals surface area contributed by atoms with Crippen LogP contribution in [-0.4, -0.2) is 43.8 Å². The van der Waals surface area contributed by atoms with Gasteiger partial charge in [0.1, 0.15) is 4.21 Å². The Bertz CT molecular complexity index is 872. The van der Waals surface area contributed by atoms with Crippen LogP contribution in [0.2, 0.25) is 4.34 Å². The summed E-state index contributed by atoms with van der Waals surface area (Å²) in [7, 11) is -3.47. The van der Waals surface area contributed by atoms with Crippen LogP contribution in [0.1, 0.15) is 17.5 Å². The predicted octanol–water partition coefficient (Wildman–Crippen LogP) is 3.17. The molecule has 0 aliphatic carbocycles. The van der Waals surface area contributed by atoms with Gasteiger partial charge in [-0.3, -0.25) is 4.90 Å². The van der Waals surface area contributed by atoms with E-state index in [0.29, 0.717) is 33.7 Å². The molecule has 0 spiro atoms. The van der Waals surface area contributed by atoms with Gasteiger partial charge in [0.2, 0.25) is 0 Å². The number of halogens is 1. The summed E-state index contributed by atoms with van der Waals surface area (Å²) < 4.78 is 27.8. The van der Waals surface area contributed by atoms with Gasteiger partial charge in [0.15, 0.2) is 0 Å². The summed E-state index contributed by atoms with van der Waals surface area (Å²) in [5, 5.41) is 8.86. The molecular formula is C17H18ClN3O2S2. The lowest BCUT2D eigenvalue weighted by molar-refractivity contribution is 0.278. The molecule has 8 heteroatoms. The van der Waals surface area contributed by atoms with Crippen molar-refractivity contribution in [2.75, 3.05) is 26.2 Å². The Morgan fingerprint density at radius 3 is 2.48 bits per heavy atom. The lowest BCUT2D eigenvalue weighted by atomic mass is 10.1. The van der Waals surface area contributed by atoms with Crippen LogP contribution in [0.4, 0.5) is 0 Å². The molecule has 25 heavy (non-hydrogen) atoms. The molecule has 1 saturated heterocycles. The molecule has 1 aromatic carbocycles. The first-order chi connectivity index (χ1) is 12.0. The van der Waals surface area contributed by atoms with E-state index in [1.54, 1.807) is 16.4 Å². The lowest BCUT2D eigenvalue weighted by Crippen LogP contribution is -2.34. The molecule has 5 nitrogen and oxygen atoms in total. The van der Waals surface area contributed by atoms with Crippen molar-refractivity contribution in [1.29, 1.82) is 5.26 Å². The molecule has 132 valence electrons. The molecular weight excluding hydrogens is 378 g/mol. The second-order valence-corrected chi connectivity index (χ2v) is 9.78. The smallest absolute Gasteiger partial charge is 0.252 e. The number of benzene rings is 1. The van der Waals surface area contributed by atoms with Crippen LogP contribution in [0.3, 0.4) is 0 Å². The molecule has 1 aliphatic rings. The monoisotopic (exact) mass is 395 g/mol. The van der Waals surface area contributed by atoms with Crippen LogP contribution in [0, 0.1) is 11.3 Å². The van der Waals surface area contributed by atoms with Gasteiger partial charge in [-0.1, -0.05) is 23.7 Å². The molecule has 2 aromatic rings. The maximum Gasteiger partial charge on any atom is 0.252 e. The second kappa shape index (κ2) is 7.85. The van der Waals surface area contributed by atoms with E-state index in [4.69, 9.17) is 16.9 Å². The van der Waals surface area contributed by atoms with Gasteiger partial charge in [0, 0.05) is 26.2 Å². The zero-order valence-electron chi connectivity index (χ0n) is 13.6.